The average molecular weight is 384 g/mol. The van der Waals surface area contributed by atoms with Gasteiger partial charge in [-0.15, -0.1) is 11.3 Å². The summed E-state index contributed by atoms with van der Waals surface area (Å²) >= 11 is 1.46. The predicted molar refractivity (Wildman–Crippen MR) is 92.1 cm³/mol. The summed E-state index contributed by atoms with van der Waals surface area (Å²) in [6.45, 7) is 1.41. The largest absolute Gasteiger partial charge is 0.493 e. The zero-order valence-corrected chi connectivity index (χ0v) is 14.9. The molecule has 0 aliphatic carbocycles. The van der Waals surface area contributed by atoms with Gasteiger partial charge in [-0.3, -0.25) is 4.79 Å². The molecule has 0 atom stereocenters. The maximum Gasteiger partial charge on any atom is 0.419 e. The third kappa shape index (κ3) is 4.75. The van der Waals surface area contributed by atoms with Crippen molar-refractivity contribution < 1.29 is 22.7 Å². The van der Waals surface area contributed by atoms with Gasteiger partial charge in [-0.2, -0.15) is 13.2 Å². The van der Waals surface area contributed by atoms with Crippen LogP contribution >= 0.6 is 11.3 Å². The van der Waals surface area contributed by atoms with Crippen molar-refractivity contribution in [3.63, 3.8) is 0 Å². The smallest absolute Gasteiger partial charge is 0.419 e. The van der Waals surface area contributed by atoms with Crippen molar-refractivity contribution in [3.8, 4) is 5.75 Å². The second kappa shape index (κ2) is 8.07. The minimum atomic E-state index is -4.43. The first-order valence-corrected chi connectivity index (χ1v) is 9.31. The van der Waals surface area contributed by atoms with E-state index in [2.05, 4.69) is 4.98 Å². The highest BCUT2D eigenvalue weighted by molar-refractivity contribution is 7.07. The number of benzene rings is 1. The van der Waals surface area contributed by atoms with E-state index in [-0.39, 0.29) is 24.2 Å². The van der Waals surface area contributed by atoms with Crippen LogP contribution in [-0.4, -0.2) is 35.5 Å². The first-order valence-electron chi connectivity index (χ1n) is 8.37. The van der Waals surface area contributed by atoms with Gasteiger partial charge in [0.15, 0.2) is 0 Å². The number of halogens is 3. The summed E-state index contributed by atoms with van der Waals surface area (Å²) in [6, 6.07) is 5.25. The quantitative estimate of drug-likeness (QED) is 0.782. The lowest BCUT2D eigenvalue weighted by molar-refractivity contribution is -0.139. The van der Waals surface area contributed by atoms with Crippen molar-refractivity contribution in [1.82, 2.24) is 9.88 Å². The summed E-state index contributed by atoms with van der Waals surface area (Å²) in [5.74, 6) is 0.0411. The number of ether oxygens (including phenoxy) is 1. The van der Waals surface area contributed by atoms with E-state index in [1.54, 1.807) is 10.4 Å². The van der Waals surface area contributed by atoms with E-state index in [1.165, 1.54) is 29.5 Å². The lowest BCUT2D eigenvalue weighted by Gasteiger charge is -2.32. The number of nitrogens with zero attached hydrogens (tertiary/aromatic N) is 2. The van der Waals surface area contributed by atoms with Crippen molar-refractivity contribution in [3.05, 3.63) is 46.4 Å². The molecule has 0 bridgehead atoms. The predicted octanol–water partition coefficient (Wildman–Crippen LogP) is 4.02. The number of hydrogen-bond donors (Lipinski definition) is 0. The van der Waals surface area contributed by atoms with Crippen LogP contribution in [-0.2, 0) is 17.4 Å². The van der Waals surface area contributed by atoms with Crippen LogP contribution in [0.25, 0.3) is 0 Å². The summed E-state index contributed by atoms with van der Waals surface area (Å²) in [7, 11) is 0. The minimum absolute atomic E-state index is 0.0395. The molecular formula is C18H19F3N2O2S. The molecule has 1 aromatic carbocycles. The molecule has 1 aromatic heterocycles. The molecule has 0 unspecified atom stereocenters. The Hall–Kier alpha value is -2.09. The first-order chi connectivity index (χ1) is 12.4. The van der Waals surface area contributed by atoms with Gasteiger partial charge in [0.25, 0.3) is 0 Å². The Balaban J connectivity index is 1.48. The normalized spacial score (nSPS) is 15.9. The van der Waals surface area contributed by atoms with Gasteiger partial charge >= 0.3 is 6.18 Å². The molecule has 26 heavy (non-hydrogen) atoms. The molecule has 2 aromatic rings. The molecule has 0 saturated carbocycles. The SMILES string of the molecule is O=C(Cc1cscn1)N1CCC(COc2ccccc2C(F)(F)F)CC1. The van der Waals surface area contributed by atoms with E-state index in [1.807, 2.05) is 5.38 Å². The minimum Gasteiger partial charge on any atom is -0.493 e. The highest BCUT2D eigenvalue weighted by Crippen LogP contribution is 2.36. The highest BCUT2D eigenvalue weighted by Gasteiger charge is 2.34. The molecule has 3 rings (SSSR count). The number of amides is 1. The Morgan fingerprint density at radius 2 is 2.00 bits per heavy atom. The number of piperidine rings is 1. The number of thiazole rings is 1. The van der Waals surface area contributed by atoms with Crippen LogP contribution in [0.5, 0.6) is 5.75 Å². The fourth-order valence-electron chi connectivity index (χ4n) is 2.97. The lowest BCUT2D eigenvalue weighted by Crippen LogP contribution is -2.40. The molecule has 1 saturated heterocycles. The van der Waals surface area contributed by atoms with Gasteiger partial charge in [-0.1, -0.05) is 12.1 Å². The zero-order chi connectivity index (χ0) is 18.6. The van der Waals surface area contributed by atoms with E-state index in [9.17, 15) is 18.0 Å². The fourth-order valence-corrected chi connectivity index (χ4v) is 3.53. The van der Waals surface area contributed by atoms with Gasteiger partial charge in [0, 0.05) is 18.5 Å². The van der Waals surface area contributed by atoms with Crippen molar-refractivity contribution in [2.24, 2.45) is 5.92 Å². The van der Waals surface area contributed by atoms with Gasteiger partial charge < -0.3 is 9.64 Å². The number of para-hydroxylation sites is 1. The Morgan fingerprint density at radius 3 is 2.65 bits per heavy atom. The molecule has 1 amide bonds. The molecule has 2 heterocycles. The van der Waals surface area contributed by atoms with Crippen LogP contribution in [0, 0.1) is 5.92 Å². The number of aromatic nitrogens is 1. The number of carbonyl (C=O) groups excluding carboxylic acids is 1. The summed E-state index contributed by atoms with van der Waals surface area (Å²) in [5, 5.41) is 1.86. The fraction of sp³-hybridized carbons (Fsp3) is 0.444. The van der Waals surface area contributed by atoms with E-state index < -0.39 is 11.7 Å². The number of rotatable bonds is 5. The third-order valence-corrected chi connectivity index (χ3v) is 5.09. The van der Waals surface area contributed by atoms with Gasteiger partial charge in [-0.25, -0.2) is 4.98 Å². The Kier molecular flexibility index (Phi) is 5.80. The molecule has 0 N–H and O–H groups in total. The van der Waals surface area contributed by atoms with E-state index in [0.717, 1.165) is 24.6 Å². The zero-order valence-electron chi connectivity index (χ0n) is 14.0. The molecule has 1 fully saturated rings. The summed E-state index contributed by atoms with van der Waals surface area (Å²) < 4.78 is 44.4. The van der Waals surface area contributed by atoms with Crippen LogP contribution in [0.2, 0.25) is 0 Å². The Labute approximate surface area is 153 Å². The van der Waals surface area contributed by atoms with Crippen molar-refractivity contribution in [1.29, 1.82) is 0 Å². The monoisotopic (exact) mass is 384 g/mol. The van der Waals surface area contributed by atoms with Crippen molar-refractivity contribution >= 4 is 17.2 Å². The number of alkyl halides is 3. The molecular weight excluding hydrogens is 365 g/mol. The number of likely N-dealkylation sites (tertiary alicyclic amines) is 1. The molecule has 1 aliphatic heterocycles. The van der Waals surface area contributed by atoms with Gasteiger partial charge in [0.1, 0.15) is 5.75 Å². The summed E-state index contributed by atoms with van der Waals surface area (Å²) in [5.41, 5.74) is 1.72. The van der Waals surface area contributed by atoms with Crippen LogP contribution in [0.15, 0.2) is 35.2 Å². The summed E-state index contributed by atoms with van der Waals surface area (Å²) in [6.07, 6.45) is -2.69. The van der Waals surface area contributed by atoms with Gasteiger partial charge in [0.05, 0.1) is 29.8 Å². The summed E-state index contributed by atoms with van der Waals surface area (Å²) in [4.78, 5) is 18.1. The van der Waals surface area contributed by atoms with Crippen LogP contribution < -0.4 is 4.74 Å². The van der Waals surface area contributed by atoms with Crippen molar-refractivity contribution in [2.75, 3.05) is 19.7 Å². The second-order valence-electron chi connectivity index (χ2n) is 6.29. The van der Waals surface area contributed by atoms with E-state index in [0.29, 0.717) is 19.5 Å². The van der Waals surface area contributed by atoms with Crippen LogP contribution in [0.4, 0.5) is 13.2 Å². The second-order valence-corrected chi connectivity index (χ2v) is 7.00. The Bertz CT molecular complexity index is 726. The van der Waals surface area contributed by atoms with Crippen molar-refractivity contribution in [2.45, 2.75) is 25.4 Å². The maximum absolute atomic E-state index is 13.0. The molecule has 1 aliphatic rings. The molecule has 140 valence electrons. The van der Waals surface area contributed by atoms with Crippen LogP contribution in [0.3, 0.4) is 0 Å². The molecule has 0 radical (unpaired) electrons. The average Bonchev–Trinajstić information content (AvgIpc) is 3.13. The third-order valence-electron chi connectivity index (χ3n) is 4.45. The standard InChI is InChI=1S/C18H19F3N2O2S/c19-18(20,21)15-3-1-2-4-16(15)25-10-13-5-7-23(8-6-13)17(24)9-14-11-26-12-22-14/h1-4,11-13H,5-10H2. The number of carbonyl (C=O) groups is 1. The molecule has 0 spiro atoms. The lowest BCUT2D eigenvalue weighted by atomic mass is 9.97. The van der Waals surface area contributed by atoms with Gasteiger partial charge in [0.2, 0.25) is 5.91 Å². The first kappa shape index (κ1) is 18.7. The highest BCUT2D eigenvalue weighted by atomic mass is 32.1. The van der Waals surface area contributed by atoms with E-state index >= 15 is 0 Å². The van der Waals surface area contributed by atoms with Crippen LogP contribution in [0.1, 0.15) is 24.1 Å². The molecule has 4 nitrogen and oxygen atoms in total. The topological polar surface area (TPSA) is 42.4 Å². The Morgan fingerprint density at radius 1 is 1.27 bits per heavy atom. The van der Waals surface area contributed by atoms with E-state index in [4.69, 9.17) is 4.74 Å². The molecule has 8 heteroatoms. The maximum atomic E-state index is 13.0. The number of hydrogen-bond acceptors (Lipinski definition) is 4. The van der Waals surface area contributed by atoms with Gasteiger partial charge in [-0.05, 0) is 30.9 Å².